The van der Waals surface area contributed by atoms with Crippen LogP contribution in [0.2, 0.25) is 0 Å². The maximum absolute atomic E-state index is 12.5. The van der Waals surface area contributed by atoms with E-state index in [4.69, 9.17) is 4.74 Å². The van der Waals surface area contributed by atoms with Gasteiger partial charge < -0.3 is 9.64 Å². The van der Waals surface area contributed by atoms with Gasteiger partial charge in [0.05, 0.1) is 0 Å². The minimum Gasteiger partial charge on any atom is -0.484 e. The Labute approximate surface area is 166 Å². The average Bonchev–Trinajstić information content (AvgIpc) is 2.72. The highest BCUT2D eigenvalue weighted by atomic mass is 32.2. The Bertz CT molecular complexity index is 934. The molecule has 0 bridgehead atoms. The van der Waals surface area contributed by atoms with Crippen LogP contribution in [0.15, 0.2) is 60.0 Å². The maximum atomic E-state index is 12.5. The molecule has 3 rings (SSSR count). The smallest absolute Gasteiger partial charge is 0.260 e. The standard InChI is InChI=1S/C21H24N2O4S/c1-18-7-5-6-10-20(18)27-17-21(24)22-12-14-23(15-13-22)28(25,26)16-11-19-8-3-2-4-9-19/h2-11,16H,12-15,17H2,1H3/b16-11+. The number of hydrogen-bond donors (Lipinski definition) is 0. The van der Waals surface area contributed by atoms with E-state index in [1.165, 1.54) is 9.71 Å². The van der Waals surface area contributed by atoms with Crippen LogP contribution in [0.1, 0.15) is 11.1 Å². The summed E-state index contributed by atoms with van der Waals surface area (Å²) < 4.78 is 32.0. The lowest BCUT2D eigenvalue weighted by Crippen LogP contribution is -2.51. The van der Waals surface area contributed by atoms with Gasteiger partial charge in [0.1, 0.15) is 5.75 Å². The molecule has 0 aliphatic carbocycles. The van der Waals surface area contributed by atoms with E-state index in [0.29, 0.717) is 18.8 Å². The van der Waals surface area contributed by atoms with E-state index in [1.54, 1.807) is 11.0 Å². The second kappa shape index (κ2) is 9.03. The first-order valence-corrected chi connectivity index (χ1v) is 10.7. The molecule has 6 nitrogen and oxygen atoms in total. The molecule has 0 N–H and O–H groups in total. The van der Waals surface area contributed by atoms with E-state index in [-0.39, 0.29) is 25.6 Å². The second-order valence-corrected chi connectivity index (χ2v) is 8.41. The third-order valence-electron chi connectivity index (χ3n) is 4.63. The highest BCUT2D eigenvalue weighted by molar-refractivity contribution is 7.92. The van der Waals surface area contributed by atoms with Crippen LogP contribution in [-0.4, -0.2) is 56.3 Å². The van der Waals surface area contributed by atoms with Crippen LogP contribution in [0.4, 0.5) is 0 Å². The summed E-state index contributed by atoms with van der Waals surface area (Å²) in [7, 11) is -3.51. The van der Waals surface area contributed by atoms with E-state index in [9.17, 15) is 13.2 Å². The number of ether oxygens (including phenoxy) is 1. The number of carbonyl (C=O) groups excluding carboxylic acids is 1. The average molecular weight is 401 g/mol. The second-order valence-electron chi connectivity index (χ2n) is 6.59. The third-order valence-corrected chi connectivity index (χ3v) is 6.19. The van der Waals surface area contributed by atoms with Gasteiger partial charge in [0.25, 0.3) is 5.91 Å². The zero-order valence-electron chi connectivity index (χ0n) is 15.8. The van der Waals surface area contributed by atoms with Gasteiger partial charge in [0, 0.05) is 31.6 Å². The normalized spacial score (nSPS) is 15.7. The molecule has 7 heteroatoms. The van der Waals surface area contributed by atoms with Gasteiger partial charge >= 0.3 is 0 Å². The highest BCUT2D eigenvalue weighted by Crippen LogP contribution is 2.17. The summed E-state index contributed by atoms with van der Waals surface area (Å²) in [6, 6.07) is 16.8. The van der Waals surface area contributed by atoms with E-state index in [1.807, 2.05) is 61.5 Å². The SMILES string of the molecule is Cc1ccccc1OCC(=O)N1CCN(S(=O)(=O)/C=C/c2ccccc2)CC1. The summed E-state index contributed by atoms with van der Waals surface area (Å²) in [5, 5.41) is 1.22. The first-order valence-electron chi connectivity index (χ1n) is 9.15. The van der Waals surface area contributed by atoms with Crippen LogP contribution >= 0.6 is 0 Å². The fourth-order valence-corrected chi connectivity index (χ4v) is 4.13. The molecule has 0 spiro atoms. The Hall–Kier alpha value is -2.64. The molecule has 2 aromatic carbocycles. The molecule has 0 unspecified atom stereocenters. The molecule has 0 radical (unpaired) electrons. The lowest BCUT2D eigenvalue weighted by atomic mass is 10.2. The predicted molar refractivity (Wildman–Crippen MR) is 109 cm³/mol. The maximum Gasteiger partial charge on any atom is 0.260 e. The van der Waals surface area contributed by atoms with Crippen molar-refractivity contribution >= 4 is 22.0 Å². The number of benzene rings is 2. The summed E-state index contributed by atoms with van der Waals surface area (Å²) >= 11 is 0. The molecule has 0 saturated carbocycles. The highest BCUT2D eigenvalue weighted by Gasteiger charge is 2.27. The van der Waals surface area contributed by atoms with Gasteiger partial charge in [0.15, 0.2) is 6.61 Å². The van der Waals surface area contributed by atoms with Crippen LogP contribution in [0.3, 0.4) is 0 Å². The molecule has 28 heavy (non-hydrogen) atoms. The molecule has 1 saturated heterocycles. The summed E-state index contributed by atoms with van der Waals surface area (Å²) in [6.07, 6.45) is 1.59. The van der Waals surface area contributed by atoms with E-state index in [2.05, 4.69) is 0 Å². The number of sulfonamides is 1. The van der Waals surface area contributed by atoms with E-state index in [0.717, 1.165) is 11.1 Å². The summed E-state index contributed by atoms with van der Waals surface area (Å²) in [6.45, 7) is 3.13. The molecular formula is C21H24N2O4S. The third kappa shape index (κ3) is 5.21. The minimum atomic E-state index is -3.51. The van der Waals surface area contributed by atoms with Crippen LogP contribution in [0, 0.1) is 6.92 Å². The van der Waals surface area contributed by atoms with Crippen molar-refractivity contribution in [2.45, 2.75) is 6.92 Å². The molecule has 0 atom stereocenters. The largest absolute Gasteiger partial charge is 0.484 e. The zero-order valence-corrected chi connectivity index (χ0v) is 16.6. The molecule has 148 valence electrons. The molecule has 1 aliphatic rings. The van der Waals surface area contributed by atoms with Crippen molar-refractivity contribution in [3.63, 3.8) is 0 Å². The summed E-state index contributed by atoms with van der Waals surface area (Å²) in [5.41, 5.74) is 1.80. The monoisotopic (exact) mass is 400 g/mol. The molecule has 1 amide bonds. The van der Waals surface area contributed by atoms with Crippen molar-refractivity contribution in [3.8, 4) is 5.75 Å². The van der Waals surface area contributed by atoms with Crippen molar-refractivity contribution in [1.29, 1.82) is 0 Å². The first-order chi connectivity index (χ1) is 13.5. The van der Waals surface area contributed by atoms with Gasteiger partial charge in [-0.2, -0.15) is 4.31 Å². The molecule has 1 fully saturated rings. The van der Waals surface area contributed by atoms with Crippen molar-refractivity contribution in [2.24, 2.45) is 0 Å². The Morgan fingerprint density at radius 3 is 2.32 bits per heavy atom. The number of carbonyl (C=O) groups is 1. The van der Waals surface area contributed by atoms with Crippen LogP contribution in [0.5, 0.6) is 5.75 Å². The number of rotatable bonds is 6. The number of aryl methyl sites for hydroxylation is 1. The predicted octanol–water partition coefficient (Wildman–Crippen LogP) is 2.52. The molecule has 1 aliphatic heterocycles. The van der Waals surface area contributed by atoms with E-state index >= 15 is 0 Å². The Kier molecular flexibility index (Phi) is 6.49. The minimum absolute atomic E-state index is 0.0501. The van der Waals surface area contributed by atoms with Gasteiger partial charge in [-0.1, -0.05) is 48.5 Å². The van der Waals surface area contributed by atoms with Crippen LogP contribution in [-0.2, 0) is 14.8 Å². The topological polar surface area (TPSA) is 66.9 Å². The lowest BCUT2D eigenvalue weighted by Gasteiger charge is -2.33. The van der Waals surface area contributed by atoms with Crippen LogP contribution in [0.25, 0.3) is 6.08 Å². The molecule has 2 aromatic rings. The number of amides is 1. The molecule has 1 heterocycles. The number of para-hydroxylation sites is 1. The zero-order chi connectivity index (χ0) is 20.0. The van der Waals surface area contributed by atoms with Gasteiger partial charge in [-0.15, -0.1) is 0 Å². The molecule has 0 aromatic heterocycles. The van der Waals surface area contributed by atoms with E-state index < -0.39 is 10.0 Å². The van der Waals surface area contributed by atoms with Crippen LogP contribution < -0.4 is 4.74 Å². The quantitative estimate of drug-likeness (QED) is 0.747. The Morgan fingerprint density at radius 1 is 1.00 bits per heavy atom. The van der Waals surface area contributed by atoms with Crippen molar-refractivity contribution in [3.05, 3.63) is 71.1 Å². The Morgan fingerprint density at radius 2 is 1.64 bits per heavy atom. The fourth-order valence-electron chi connectivity index (χ4n) is 2.96. The number of hydrogen-bond acceptors (Lipinski definition) is 4. The van der Waals surface area contributed by atoms with Gasteiger partial charge in [-0.05, 0) is 30.2 Å². The van der Waals surface area contributed by atoms with Gasteiger partial charge in [0.2, 0.25) is 10.0 Å². The number of nitrogens with zero attached hydrogens (tertiary/aromatic N) is 2. The van der Waals surface area contributed by atoms with Gasteiger partial charge in [-0.3, -0.25) is 4.79 Å². The summed E-state index contributed by atoms with van der Waals surface area (Å²) in [4.78, 5) is 14.0. The summed E-state index contributed by atoms with van der Waals surface area (Å²) in [5.74, 6) is 0.545. The van der Waals surface area contributed by atoms with Crippen molar-refractivity contribution < 1.29 is 17.9 Å². The van der Waals surface area contributed by atoms with Crippen molar-refractivity contribution in [2.75, 3.05) is 32.8 Å². The Balaban J connectivity index is 1.51. The number of piperazine rings is 1. The van der Waals surface area contributed by atoms with Crippen molar-refractivity contribution in [1.82, 2.24) is 9.21 Å². The molecular weight excluding hydrogens is 376 g/mol. The lowest BCUT2D eigenvalue weighted by molar-refractivity contribution is -0.134. The first kappa shape index (κ1) is 20.1. The van der Waals surface area contributed by atoms with Gasteiger partial charge in [-0.25, -0.2) is 8.42 Å². The fraction of sp³-hybridized carbons (Fsp3) is 0.286.